The van der Waals surface area contributed by atoms with Crippen LogP contribution in [0.3, 0.4) is 0 Å². The summed E-state index contributed by atoms with van der Waals surface area (Å²) < 4.78 is 11.2. The molecule has 2 unspecified atom stereocenters. The number of fused-ring (bicyclic) bond motifs is 1. The fraction of sp³-hybridized carbons (Fsp3) is 0.562. The molecular formula is C16H22N2O3. The summed E-state index contributed by atoms with van der Waals surface area (Å²) in [6, 6.07) is 6.19. The van der Waals surface area contributed by atoms with E-state index in [0.29, 0.717) is 26.3 Å². The second-order valence-electron chi connectivity index (χ2n) is 5.91. The van der Waals surface area contributed by atoms with Crippen molar-refractivity contribution in [2.75, 3.05) is 19.8 Å². The van der Waals surface area contributed by atoms with Crippen molar-refractivity contribution in [1.29, 1.82) is 0 Å². The van der Waals surface area contributed by atoms with Gasteiger partial charge in [-0.05, 0) is 26.3 Å². The average molecular weight is 290 g/mol. The molecule has 5 heteroatoms. The molecule has 2 aliphatic rings. The summed E-state index contributed by atoms with van der Waals surface area (Å²) in [5.41, 5.74) is 2.25. The molecule has 2 amide bonds. The molecule has 21 heavy (non-hydrogen) atoms. The van der Waals surface area contributed by atoms with E-state index >= 15 is 0 Å². The number of hydrogen-bond donors (Lipinski definition) is 1. The number of hydrogen-bond acceptors (Lipinski definition) is 3. The van der Waals surface area contributed by atoms with E-state index in [1.54, 1.807) is 0 Å². The molecule has 1 aromatic rings. The van der Waals surface area contributed by atoms with E-state index in [1.165, 1.54) is 5.56 Å². The highest BCUT2D eigenvalue weighted by atomic mass is 16.5. The summed E-state index contributed by atoms with van der Waals surface area (Å²) in [4.78, 5) is 14.2. The highest BCUT2D eigenvalue weighted by Crippen LogP contribution is 2.24. The van der Waals surface area contributed by atoms with E-state index in [1.807, 2.05) is 30.9 Å². The van der Waals surface area contributed by atoms with E-state index in [0.717, 1.165) is 17.7 Å². The topological polar surface area (TPSA) is 50.8 Å². The van der Waals surface area contributed by atoms with Crippen molar-refractivity contribution >= 4 is 6.03 Å². The molecule has 1 fully saturated rings. The standard InChI is InChI=1S/C16H22N2O3/c1-11-3-4-15-13(7-11)9-18(5-6-20-15)16(19)17-14-8-12(2)21-10-14/h3-4,7,12,14H,5-6,8-10H2,1-2H3,(H,17,19). The number of benzene rings is 1. The van der Waals surface area contributed by atoms with Gasteiger partial charge in [0.1, 0.15) is 12.4 Å². The summed E-state index contributed by atoms with van der Waals surface area (Å²) >= 11 is 0. The fourth-order valence-corrected chi connectivity index (χ4v) is 2.88. The molecule has 0 saturated carbocycles. The molecule has 0 radical (unpaired) electrons. The first kappa shape index (κ1) is 14.2. The zero-order valence-electron chi connectivity index (χ0n) is 12.6. The van der Waals surface area contributed by atoms with Gasteiger partial charge in [0.15, 0.2) is 0 Å². The lowest BCUT2D eigenvalue weighted by atomic mass is 10.1. The van der Waals surface area contributed by atoms with E-state index in [9.17, 15) is 4.79 Å². The van der Waals surface area contributed by atoms with Crippen LogP contribution in [0.1, 0.15) is 24.5 Å². The number of urea groups is 1. The van der Waals surface area contributed by atoms with Gasteiger partial charge in [-0.3, -0.25) is 0 Å². The number of nitrogens with one attached hydrogen (secondary N) is 1. The normalized spacial score (nSPS) is 25.0. The molecule has 2 heterocycles. The van der Waals surface area contributed by atoms with Crippen LogP contribution in [0.5, 0.6) is 5.75 Å². The Balaban J connectivity index is 1.66. The maximum Gasteiger partial charge on any atom is 0.318 e. The Morgan fingerprint density at radius 2 is 2.29 bits per heavy atom. The Labute approximate surface area is 125 Å². The van der Waals surface area contributed by atoms with Crippen LogP contribution in [0.25, 0.3) is 0 Å². The van der Waals surface area contributed by atoms with Crippen LogP contribution in [-0.2, 0) is 11.3 Å². The van der Waals surface area contributed by atoms with Crippen molar-refractivity contribution in [3.05, 3.63) is 29.3 Å². The SMILES string of the molecule is Cc1ccc2c(c1)CN(C(=O)NC1COC(C)C1)CCO2. The molecule has 114 valence electrons. The summed E-state index contributed by atoms with van der Waals surface area (Å²) in [7, 11) is 0. The second kappa shape index (κ2) is 5.93. The van der Waals surface area contributed by atoms with Gasteiger partial charge in [0.05, 0.1) is 31.8 Å². The Morgan fingerprint density at radius 3 is 3.05 bits per heavy atom. The van der Waals surface area contributed by atoms with Gasteiger partial charge in [-0.1, -0.05) is 17.7 Å². The highest BCUT2D eigenvalue weighted by molar-refractivity contribution is 5.74. The van der Waals surface area contributed by atoms with Gasteiger partial charge >= 0.3 is 6.03 Å². The van der Waals surface area contributed by atoms with E-state index in [2.05, 4.69) is 11.4 Å². The first-order valence-corrected chi connectivity index (χ1v) is 7.51. The minimum Gasteiger partial charge on any atom is -0.491 e. The van der Waals surface area contributed by atoms with Crippen molar-refractivity contribution in [3.8, 4) is 5.75 Å². The first-order valence-electron chi connectivity index (χ1n) is 7.51. The summed E-state index contributed by atoms with van der Waals surface area (Å²) in [6.45, 7) is 6.40. The third-order valence-corrected chi connectivity index (χ3v) is 4.01. The van der Waals surface area contributed by atoms with Gasteiger partial charge in [-0.25, -0.2) is 4.79 Å². The molecule has 2 aliphatic heterocycles. The Morgan fingerprint density at radius 1 is 1.43 bits per heavy atom. The van der Waals surface area contributed by atoms with Gasteiger partial charge in [0, 0.05) is 5.56 Å². The van der Waals surface area contributed by atoms with Crippen molar-refractivity contribution < 1.29 is 14.3 Å². The number of nitrogens with zero attached hydrogens (tertiary/aromatic N) is 1. The lowest BCUT2D eigenvalue weighted by Crippen LogP contribution is -2.45. The molecule has 3 rings (SSSR count). The predicted octanol–water partition coefficient (Wildman–Crippen LogP) is 2.08. The van der Waals surface area contributed by atoms with Crippen molar-refractivity contribution in [2.24, 2.45) is 0 Å². The summed E-state index contributed by atoms with van der Waals surface area (Å²) in [5.74, 6) is 0.883. The summed E-state index contributed by atoms with van der Waals surface area (Å²) in [6.07, 6.45) is 1.11. The lowest BCUT2D eigenvalue weighted by Gasteiger charge is -2.22. The number of amides is 2. The van der Waals surface area contributed by atoms with Gasteiger partial charge in [-0.15, -0.1) is 0 Å². The molecule has 0 aromatic heterocycles. The van der Waals surface area contributed by atoms with Crippen LogP contribution in [0.15, 0.2) is 18.2 Å². The van der Waals surface area contributed by atoms with E-state index < -0.39 is 0 Å². The Hall–Kier alpha value is -1.75. The van der Waals surface area contributed by atoms with Gasteiger partial charge in [0.25, 0.3) is 0 Å². The minimum absolute atomic E-state index is 0.0318. The van der Waals surface area contributed by atoms with E-state index in [4.69, 9.17) is 9.47 Å². The fourth-order valence-electron chi connectivity index (χ4n) is 2.88. The molecule has 2 atom stereocenters. The molecule has 1 saturated heterocycles. The van der Waals surface area contributed by atoms with Crippen molar-refractivity contribution in [3.63, 3.8) is 0 Å². The molecule has 0 bridgehead atoms. The largest absolute Gasteiger partial charge is 0.491 e. The number of carbonyl (C=O) groups excluding carboxylic acids is 1. The first-order chi connectivity index (χ1) is 10.1. The number of ether oxygens (including phenoxy) is 2. The Bertz CT molecular complexity index is 532. The smallest absolute Gasteiger partial charge is 0.318 e. The maximum absolute atomic E-state index is 12.4. The molecular weight excluding hydrogens is 268 g/mol. The average Bonchev–Trinajstić information content (AvgIpc) is 2.73. The molecule has 5 nitrogen and oxygen atoms in total. The van der Waals surface area contributed by atoms with Crippen LogP contribution in [0, 0.1) is 6.92 Å². The molecule has 1 aromatic carbocycles. The monoisotopic (exact) mass is 290 g/mol. The van der Waals surface area contributed by atoms with Crippen LogP contribution in [-0.4, -0.2) is 42.8 Å². The number of aryl methyl sites for hydroxylation is 1. The second-order valence-corrected chi connectivity index (χ2v) is 5.91. The van der Waals surface area contributed by atoms with Crippen molar-refractivity contribution in [1.82, 2.24) is 10.2 Å². The number of rotatable bonds is 1. The maximum atomic E-state index is 12.4. The van der Waals surface area contributed by atoms with Gasteiger partial charge in [-0.2, -0.15) is 0 Å². The minimum atomic E-state index is -0.0318. The quantitative estimate of drug-likeness (QED) is 0.861. The van der Waals surface area contributed by atoms with Gasteiger partial charge < -0.3 is 19.7 Å². The Kier molecular flexibility index (Phi) is 4.01. The molecule has 0 aliphatic carbocycles. The highest BCUT2D eigenvalue weighted by Gasteiger charge is 2.26. The van der Waals surface area contributed by atoms with Crippen molar-refractivity contribution in [2.45, 2.75) is 39.0 Å². The van der Waals surface area contributed by atoms with Crippen LogP contribution < -0.4 is 10.1 Å². The number of carbonyl (C=O) groups is 1. The van der Waals surface area contributed by atoms with Gasteiger partial charge in [0.2, 0.25) is 0 Å². The van der Waals surface area contributed by atoms with Crippen LogP contribution >= 0.6 is 0 Å². The summed E-state index contributed by atoms with van der Waals surface area (Å²) in [5, 5.41) is 3.06. The van der Waals surface area contributed by atoms with Crippen LogP contribution in [0.2, 0.25) is 0 Å². The molecule has 1 N–H and O–H groups in total. The third-order valence-electron chi connectivity index (χ3n) is 4.01. The molecule has 0 spiro atoms. The third kappa shape index (κ3) is 3.29. The van der Waals surface area contributed by atoms with Crippen LogP contribution in [0.4, 0.5) is 4.79 Å². The lowest BCUT2D eigenvalue weighted by molar-refractivity contribution is 0.121. The zero-order chi connectivity index (χ0) is 14.8. The van der Waals surface area contributed by atoms with E-state index in [-0.39, 0.29) is 18.2 Å². The zero-order valence-corrected chi connectivity index (χ0v) is 12.6. The predicted molar refractivity (Wildman–Crippen MR) is 79.4 cm³/mol.